The van der Waals surface area contributed by atoms with Gasteiger partial charge in [-0.2, -0.15) is 0 Å². The predicted molar refractivity (Wildman–Crippen MR) is 60.6 cm³/mol. The van der Waals surface area contributed by atoms with E-state index in [1.165, 1.54) is 18.5 Å². The number of hydrogen-bond acceptors (Lipinski definition) is 3. The third-order valence-corrected chi connectivity index (χ3v) is 2.66. The average Bonchev–Trinajstić information content (AvgIpc) is 2.73. The molecule has 2 amide bonds. The molecule has 6 heteroatoms. The molecule has 0 radical (unpaired) electrons. The quantitative estimate of drug-likeness (QED) is 0.652. The Balaban J connectivity index is 1.92. The molecule has 1 unspecified atom stereocenters. The Bertz CT molecular complexity index is 495. The monoisotopic (exact) mass is 235 g/mol. The summed E-state index contributed by atoms with van der Waals surface area (Å²) in [5.41, 5.74) is -0.242. The smallest absolute Gasteiger partial charge is 0.256 e. The molecular formula is C11H13N3O3. The highest BCUT2D eigenvalue weighted by atomic mass is 16.2. The number of carbonyl (C=O) groups is 2. The average molecular weight is 235 g/mol. The van der Waals surface area contributed by atoms with Crippen LogP contribution in [0.1, 0.15) is 23.2 Å². The minimum atomic E-state index is -0.423. The molecule has 3 N–H and O–H groups in total. The number of hydrogen-bond donors (Lipinski definition) is 3. The highest BCUT2D eigenvalue weighted by molar-refractivity contribution is 5.93. The van der Waals surface area contributed by atoms with E-state index in [1.807, 2.05) is 0 Å². The van der Waals surface area contributed by atoms with Crippen LogP contribution in [0.25, 0.3) is 0 Å². The molecule has 0 aromatic carbocycles. The van der Waals surface area contributed by atoms with Crippen LogP contribution in [0.4, 0.5) is 0 Å². The van der Waals surface area contributed by atoms with Gasteiger partial charge in [0.2, 0.25) is 5.91 Å². The molecule has 2 rings (SSSR count). The number of aromatic amines is 1. The summed E-state index contributed by atoms with van der Waals surface area (Å²) in [5.74, 6) is -0.421. The Morgan fingerprint density at radius 3 is 2.94 bits per heavy atom. The first-order chi connectivity index (χ1) is 8.16. The highest BCUT2D eigenvalue weighted by Gasteiger charge is 2.21. The van der Waals surface area contributed by atoms with Gasteiger partial charge in [-0.3, -0.25) is 14.4 Å². The van der Waals surface area contributed by atoms with Crippen molar-refractivity contribution in [1.82, 2.24) is 15.6 Å². The van der Waals surface area contributed by atoms with Crippen molar-refractivity contribution < 1.29 is 9.59 Å². The Morgan fingerprint density at radius 1 is 1.47 bits per heavy atom. The van der Waals surface area contributed by atoms with Crippen molar-refractivity contribution in [2.24, 2.45) is 0 Å². The lowest BCUT2D eigenvalue weighted by Gasteiger charge is -2.10. The Labute approximate surface area is 97.4 Å². The van der Waals surface area contributed by atoms with Gasteiger partial charge < -0.3 is 15.6 Å². The summed E-state index contributed by atoms with van der Waals surface area (Å²) in [4.78, 5) is 36.6. The van der Waals surface area contributed by atoms with Crippen molar-refractivity contribution in [3.63, 3.8) is 0 Å². The van der Waals surface area contributed by atoms with Crippen molar-refractivity contribution in [2.45, 2.75) is 18.9 Å². The second-order valence-corrected chi connectivity index (χ2v) is 3.94. The van der Waals surface area contributed by atoms with Crippen LogP contribution in [0.15, 0.2) is 23.3 Å². The van der Waals surface area contributed by atoms with E-state index in [9.17, 15) is 14.4 Å². The van der Waals surface area contributed by atoms with Gasteiger partial charge in [0.1, 0.15) is 5.56 Å². The van der Waals surface area contributed by atoms with E-state index < -0.39 is 5.91 Å². The molecule has 1 fully saturated rings. The topological polar surface area (TPSA) is 91.1 Å². The lowest BCUT2D eigenvalue weighted by Crippen LogP contribution is -2.39. The second-order valence-electron chi connectivity index (χ2n) is 3.94. The van der Waals surface area contributed by atoms with Gasteiger partial charge in [0, 0.05) is 37.5 Å². The maximum absolute atomic E-state index is 11.7. The summed E-state index contributed by atoms with van der Waals surface area (Å²) in [5, 5.41) is 5.36. The molecule has 17 heavy (non-hydrogen) atoms. The second kappa shape index (κ2) is 4.82. The summed E-state index contributed by atoms with van der Waals surface area (Å²) in [6, 6.07) is 1.26. The van der Waals surface area contributed by atoms with Gasteiger partial charge in [0.15, 0.2) is 5.43 Å². The fraction of sp³-hybridized carbons (Fsp3) is 0.364. The van der Waals surface area contributed by atoms with Crippen LogP contribution in [0.2, 0.25) is 0 Å². The first kappa shape index (κ1) is 11.4. The van der Waals surface area contributed by atoms with E-state index in [0.717, 1.165) is 0 Å². The minimum Gasteiger partial charge on any atom is -0.367 e. The zero-order valence-corrected chi connectivity index (χ0v) is 9.16. The molecule has 1 saturated heterocycles. The third-order valence-electron chi connectivity index (χ3n) is 2.66. The van der Waals surface area contributed by atoms with Crippen LogP contribution in [0, 0.1) is 0 Å². The van der Waals surface area contributed by atoms with Gasteiger partial charge in [-0.1, -0.05) is 0 Å². The van der Waals surface area contributed by atoms with Gasteiger partial charge in [-0.15, -0.1) is 0 Å². The SMILES string of the molecule is O=C1CCC(CNC(=O)c2c[nH]ccc2=O)N1. The van der Waals surface area contributed by atoms with Gasteiger partial charge in [0.25, 0.3) is 5.91 Å². The van der Waals surface area contributed by atoms with Crippen molar-refractivity contribution in [2.75, 3.05) is 6.54 Å². The van der Waals surface area contributed by atoms with Gasteiger partial charge in [-0.05, 0) is 6.42 Å². The maximum Gasteiger partial charge on any atom is 0.256 e. The molecule has 1 aromatic rings. The Morgan fingerprint density at radius 2 is 2.29 bits per heavy atom. The van der Waals surface area contributed by atoms with Crippen LogP contribution in [-0.4, -0.2) is 29.4 Å². The zero-order valence-electron chi connectivity index (χ0n) is 9.16. The van der Waals surface area contributed by atoms with E-state index in [0.29, 0.717) is 19.4 Å². The summed E-state index contributed by atoms with van der Waals surface area (Å²) < 4.78 is 0. The van der Waals surface area contributed by atoms with Crippen molar-refractivity contribution >= 4 is 11.8 Å². The lowest BCUT2D eigenvalue weighted by atomic mass is 10.2. The first-order valence-corrected chi connectivity index (χ1v) is 5.41. The molecule has 2 heterocycles. The van der Waals surface area contributed by atoms with E-state index >= 15 is 0 Å². The molecule has 1 aliphatic heterocycles. The first-order valence-electron chi connectivity index (χ1n) is 5.41. The van der Waals surface area contributed by atoms with Gasteiger partial charge in [0.05, 0.1) is 0 Å². The van der Waals surface area contributed by atoms with Crippen molar-refractivity contribution in [1.29, 1.82) is 0 Å². The standard InChI is InChI=1S/C11H13N3O3/c15-9-3-4-12-6-8(9)11(17)13-5-7-1-2-10(16)14-7/h3-4,6-7H,1-2,5H2,(H,12,15)(H,13,17)(H,14,16). The van der Waals surface area contributed by atoms with Crippen molar-refractivity contribution in [3.8, 4) is 0 Å². The predicted octanol–water partition coefficient (Wildman–Crippen LogP) is -0.617. The van der Waals surface area contributed by atoms with Crippen LogP contribution >= 0.6 is 0 Å². The summed E-state index contributed by atoms with van der Waals surface area (Å²) >= 11 is 0. The van der Waals surface area contributed by atoms with Crippen LogP contribution < -0.4 is 16.1 Å². The molecule has 6 nitrogen and oxygen atoms in total. The van der Waals surface area contributed by atoms with Crippen LogP contribution in [0.5, 0.6) is 0 Å². The van der Waals surface area contributed by atoms with Crippen LogP contribution in [-0.2, 0) is 4.79 Å². The fourth-order valence-electron chi connectivity index (χ4n) is 1.74. The zero-order chi connectivity index (χ0) is 12.3. The van der Waals surface area contributed by atoms with Crippen molar-refractivity contribution in [3.05, 3.63) is 34.2 Å². The van der Waals surface area contributed by atoms with E-state index in [-0.39, 0.29) is 22.9 Å². The summed E-state index contributed by atoms with van der Waals surface area (Å²) in [6.07, 6.45) is 4.04. The number of nitrogens with one attached hydrogen (secondary N) is 3. The van der Waals surface area contributed by atoms with E-state index in [2.05, 4.69) is 15.6 Å². The molecule has 0 aliphatic carbocycles. The van der Waals surface area contributed by atoms with Gasteiger partial charge in [-0.25, -0.2) is 0 Å². The van der Waals surface area contributed by atoms with Crippen LogP contribution in [0.3, 0.4) is 0 Å². The molecule has 0 bridgehead atoms. The lowest BCUT2D eigenvalue weighted by molar-refractivity contribution is -0.119. The molecule has 1 aromatic heterocycles. The summed E-state index contributed by atoms with van der Waals surface area (Å²) in [6.45, 7) is 0.346. The Kier molecular flexibility index (Phi) is 3.22. The van der Waals surface area contributed by atoms with E-state index in [1.54, 1.807) is 0 Å². The minimum absolute atomic E-state index is 0.00167. The fourth-order valence-corrected chi connectivity index (χ4v) is 1.74. The molecular weight excluding hydrogens is 222 g/mol. The maximum atomic E-state index is 11.7. The molecule has 0 spiro atoms. The highest BCUT2D eigenvalue weighted by Crippen LogP contribution is 2.05. The number of aromatic nitrogens is 1. The molecule has 90 valence electrons. The van der Waals surface area contributed by atoms with Gasteiger partial charge >= 0.3 is 0 Å². The normalized spacial score (nSPS) is 18.8. The molecule has 1 atom stereocenters. The number of H-pyrrole nitrogens is 1. The molecule has 1 aliphatic rings. The Hall–Kier alpha value is -2.11. The number of carbonyl (C=O) groups excluding carboxylic acids is 2. The number of pyridine rings is 1. The summed E-state index contributed by atoms with van der Waals surface area (Å²) in [7, 11) is 0. The number of rotatable bonds is 3. The molecule has 0 saturated carbocycles. The number of amides is 2. The third kappa shape index (κ3) is 2.72. The largest absolute Gasteiger partial charge is 0.367 e. The van der Waals surface area contributed by atoms with E-state index in [4.69, 9.17) is 0 Å².